The smallest absolute Gasteiger partial charge is 0.228 e. The highest BCUT2D eigenvalue weighted by Crippen LogP contribution is 2.36. The van der Waals surface area contributed by atoms with Crippen LogP contribution in [0.3, 0.4) is 0 Å². The molecule has 0 fully saturated rings. The van der Waals surface area contributed by atoms with Crippen molar-refractivity contribution in [3.05, 3.63) is 59.7 Å². The molecule has 1 aliphatic rings. The van der Waals surface area contributed by atoms with Crippen LogP contribution in [0.5, 0.6) is 17.2 Å². The first-order valence-corrected chi connectivity index (χ1v) is 10.1. The monoisotopic (exact) mass is 390 g/mol. The standard InChI is InChI=1S/C19H22N2O5S/c1-24-15-7-5-6-14(10-15)17-12-16(20-21(17)27(4,22)23)13-8-9-18(25-2)19(11-13)26-3/h5-12,17,20H,1-4H3/t17-/m0/s1. The zero-order valence-electron chi connectivity index (χ0n) is 15.6. The molecule has 3 rings (SSSR count). The fraction of sp³-hybridized carbons (Fsp3) is 0.263. The van der Waals surface area contributed by atoms with Crippen LogP contribution in [0.25, 0.3) is 5.70 Å². The van der Waals surface area contributed by atoms with E-state index in [1.807, 2.05) is 36.4 Å². The first-order valence-electron chi connectivity index (χ1n) is 8.21. The third kappa shape index (κ3) is 3.86. The fourth-order valence-electron chi connectivity index (χ4n) is 2.96. The number of sulfonamides is 1. The SMILES string of the molecule is COc1cccc([C@@H]2C=C(c3ccc(OC)c(OC)c3)NN2S(C)(=O)=O)c1. The van der Waals surface area contributed by atoms with Crippen molar-refractivity contribution in [3.63, 3.8) is 0 Å². The van der Waals surface area contributed by atoms with Crippen molar-refractivity contribution in [2.75, 3.05) is 27.6 Å². The van der Waals surface area contributed by atoms with Gasteiger partial charge in [0.15, 0.2) is 11.5 Å². The molecule has 0 amide bonds. The first kappa shape index (κ1) is 19.1. The number of nitrogens with one attached hydrogen (secondary N) is 1. The Morgan fingerprint density at radius 2 is 1.70 bits per heavy atom. The zero-order valence-corrected chi connectivity index (χ0v) is 16.4. The minimum Gasteiger partial charge on any atom is -0.497 e. The largest absolute Gasteiger partial charge is 0.497 e. The van der Waals surface area contributed by atoms with Crippen molar-refractivity contribution in [2.45, 2.75) is 6.04 Å². The van der Waals surface area contributed by atoms with Crippen LogP contribution in [-0.2, 0) is 10.0 Å². The van der Waals surface area contributed by atoms with Crippen LogP contribution in [0.2, 0.25) is 0 Å². The molecule has 1 N–H and O–H groups in total. The van der Waals surface area contributed by atoms with Crippen LogP contribution >= 0.6 is 0 Å². The van der Waals surface area contributed by atoms with E-state index in [2.05, 4.69) is 5.43 Å². The number of hydrogen-bond donors (Lipinski definition) is 1. The number of ether oxygens (including phenoxy) is 3. The summed E-state index contributed by atoms with van der Waals surface area (Å²) in [4.78, 5) is 0. The van der Waals surface area contributed by atoms with E-state index >= 15 is 0 Å². The molecule has 2 aromatic carbocycles. The molecule has 1 aliphatic heterocycles. The Bertz CT molecular complexity index is 972. The molecular formula is C19H22N2O5S. The topological polar surface area (TPSA) is 77.1 Å². The summed E-state index contributed by atoms with van der Waals surface area (Å²) in [5.74, 6) is 1.83. The van der Waals surface area contributed by atoms with E-state index in [-0.39, 0.29) is 0 Å². The second-order valence-electron chi connectivity index (χ2n) is 6.04. The lowest BCUT2D eigenvalue weighted by molar-refractivity contribution is 0.348. The van der Waals surface area contributed by atoms with Crippen molar-refractivity contribution in [3.8, 4) is 17.2 Å². The summed E-state index contributed by atoms with van der Waals surface area (Å²) in [6.07, 6.45) is 3.02. The van der Waals surface area contributed by atoms with E-state index in [1.165, 1.54) is 10.7 Å². The van der Waals surface area contributed by atoms with Crippen molar-refractivity contribution < 1.29 is 22.6 Å². The molecule has 0 unspecified atom stereocenters. The summed E-state index contributed by atoms with van der Waals surface area (Å²) in [7, 11) is 1.18. The average molecular weight is 390 g/mol. The van der Waals surface area contributed by atoms with Gasteiger partial charge in [0.2, 0.25) is 10.0 Å². The van der Waals surface area contributed by atoms with Crippen LogP contribution in [0, 0.1) is 0 Å². The molecule has 2 aromatic rings. The van der Waals surface area contributed by atoms with Gasteiger partial charge in [0.25, 0.3) is 0 Å². The van der Waals surface area contributed by atoms with Crippen molar-refractivity contribution in [1.82, 2.24) is 9.84 Å². The Labute approximate surface area is 159 Å². The molecule has 0 saturated carbocycles. The molecule has 0 spiro atoms. The summed E-state index contributed by atoms with van der Waals surface area (Å²) in [6.45, 7) is 0. The van der Waals surface area contributed by atoms with Crippen molar-refractivity contribution >= 4 is 15.7 Å². The molecular weight excluding hydrogens is 368 g/mol. The highest BCUT2D eigenvalue weighted by Gasteiger charge is 2.33. The molecule has 1 heterocycles. The number of hydrogen-bond acceptors (Lipinski definition) is 6. The van der Waals surface area contributed by atoms with Crippen molar-refractivity contribution in [2.24, 2.45) is 0 Å². The van der Waals surface area contributed by atoms with Gasteiger partial charge in [0, 0.05) is 5.56 Å². The van der Waals surface area contributed by atoms with E-state index in [4.69, 9.17) is 14.2 Å². The van der Waals surface area contributed by atoms with Gasteiger partial charge >= 0.3 is 0 Å². The maximum Gasteiger partial charge on any atom is 0.228 e. The summed E-state index contributed by atoms with van der Waals surface area (Å²) >= 11 is 0. The Morgan fingerprint density at radius 3 is 2.33 bits per heavy atom. The molecule has 8 heteroatoms. The zero-order chi connectivity index (χ0) is 19.6. The molecule has 0 radical (unpaired) electrons. The maximum atomic E-state index is 12.3. The van der Waals surface area contributed by atoms with Gasteiger partial charge in [-0.3, -0.25) is 0 Å². The molecule has 144 valence electrons. The summed E-state index contributed by atoms with van der Waals surface area (Å²) < 4.78 is 41.7. The molecule has 0 saturated heterocycles. The molecule has 27 heavy (non-hydrogen) atoms. The van der Waals surface area contributed by atoms with Gasteiger partial charge in [0.05, 0.1) is 39.3 Å². The van der Waals surface area contributed by atoms with Crippen LogP contribution in [0.4, 0.5) is 0 Å². The van der Waals surface area contributed by atoms with Crippen LogP contribution in [-0.4, -0.2) is 40.4 Å². The highest BCUT2D eigenvalue weighted by molar-refractivity contribution is 7.88. The third-order valence-corrected chi connectivity index (χ3v) is 5.33. The predicted octanol–water partition coefficient (Wildman–Crippen LogP) is 2.57. The molecule has 0 aromatic heterocycles. The lowest BCUT2D eigenvalue weighted by atomic mass is 10.0. The Kier molecular flexibility index (Phi) is 5.29. The van der Waals surface area contributed by atoms with Gasteiger partial charge in [-0.15, -0.1) is 4.41 Å². The fourth-order valence-corrected chi connectivity index (χ4v) is 3.82. The maximum absolute atomic E-state index is 12.3. The highest BCUT2D eigenvalue weighted by atomic mass is 32.2. The summed E-state index contributed by atoms with van der Waals surface area (Å²) in [5, 5.41) is 0. The number of hydrazine groups is 1. The van der Waals surface area contributed by atoms with E-state index in [0.29, 0.717) is 22.9 Å². The lowest BCUT2D eigenvalue weighted by Gasteiger charge is -2.23. The minimum absolute atomic E-state index is 0.502. The summed E-state index contributed by atoms with van der Waals surface area (Å²) in [5.41, 5.74) is 5.23. The number of nitrogens with zero attached hydrogens (tertiary/aromatic N) is 1. The average Bonchev–Trinajstić information content (AvgIpc) is 3.13. The first-order chi connectivity index (χ1) is 12.9. The Morgan fingerprint density at radius 1 is 0.963 bits per heavy atom. The van der Waals surface area contributed by atoms with E-state index in [0.717, 1.165) is 11.1 Å². The molecule has 0 bridgehead atoms. The van der Waals surface area contributed by atoms with E-state index in [1.54, 1.807) is 33.5 Å². The Balaban J connectivity index is 2.04. The summed E-state index contributed by atoms with van der Waals surface area (Å²) in [6, 6.07) is 12.2. The van der Waals surface area contributed by atoms with Gasteiger partial charge in [0.1, 0.15) is 5.75 Å². The minimum atomic E-state index is -3.52. The molecule has 1 atom stereocenters. The normalized spacial score (nSPS) is 17.2. The van der Waals surface area contributed by atoms with Crippen LogP contribution in [0.15, 0.2) is 48.5 Å². The van der Waals surface area contributed by atoms with E-state index < -0.39 is 16.1 Å². The molecule has 7 nitrogen and oxygen atoms in total. The van der Waals surface area contributed by atoms with Gasteiger partial charge in [-0.2, -0.15) is 0 Å². The third-order valence-electron chi connectivity index (χ3n) is 4.29. The number of methoxy groups -OCH3 is 3. The van der Waals surface area contributed by atoms with Gasteiger partial charge in [-0.05, 0) is 42.0 Å². The molecule has 0 aliphatic carbocycles. The van der Waals surface area contributed by atoms with Crippen molar-refractivity contribution in [1.29, 1.82) is 0 Å². The van der Waals surface area contributed by atoms with E-state index in [9.17, 15) is 8.42 Å². The van der Waals surface area contributed by atoms with Crippen LogP contribution in [0.1, 0.15) is 17.2 Å². The van der Waals surface area contributed by atoms with Gasteiger partial charge in [-0.1, -0.05) is 12.1 Å². The Hall–Kier alpha value is -2.71. The quantitative estimate of drug-likeness (QED) is 0.817. The van der Waals surface area contributed by atoms with Crippen LogP contribution < -0.4 is 19.6 Å². The lowest BCUT2D eigenvalue weighted by Crippen LogP contribution is -2.38. The van der Waals surface area contributed by atoms with Gasteiger partial charge < -0.3 is 19.6 Å². The second kappa shape index (κ2) is 7.50. The number of benzene rings is 2. The second-order valence-corrected chi connectivity index (χ2v) is 7.90. The number of rotatable bonds is 6. The van der Waals surface area contributed by atoms with Gasteiger partial charge in [-0.25, -0.2) is 8.42 Å². The predicted molar refractivity (Wildman–Crippen MR) is 103 cm³/mol.